The fourth-order valence-electron chi connectivity index (χ4n) is 2.22. The molecule has 0 radical (unpaired) electrons. The van der Waals surface area contributed by atoms with Crippen molar-refractivity contribution in [2.75, 3.05) is 19.6 Å². The largest absolute Gasteiger partial charge is 0.401 e. The molecule has 0 unspecified atom stereocenters. The lowest BCUT2D eigenvalue weighted by atomic mass is 9.98. The second-order valence-corrected chi connectivity index (χ2v) is 4.49. The number of nitrogens with two attached hydrogens (primary N) is 1. The van der Waals surface area contributed by atoms with Crippen molar-refractivity contribution in [2.45, 2.75) is 44.3 Å². The summed E-state index contributed by atoms with van der Waals surface area (Å²) in [7, 11) is 0. The highest BCUT2D eigenvalue weighted by Gasteiger charge is 2.35. The van der Waals surface area contributed by atoms with E-state index in [1.807, 2.05) is 0 Å². The Labute approximate surface area is 88.6 Å². The molecule has 0 amide bonds. The zero-order valence-electron chi connectivity index (χ0n) is 9.11. The summed E-state index contributed by atoms with van der Waals surface area (Å²) in [6.45, 7) is 1.66. The molecule has 5 heteroatoms. The summed E-state index contributed by atoms with van der Waals surface area (Å²) in [4.78, 5) is 1.39. The van der Waals surface area contributed by atoms with E-state index < -0.39 is 12.7 Å². The highest BCUT2D eigenvalue weighted by molar-refractivity contribution is 4.92. The third-order valence-electron chi connectivity index (χ3n) is 2.99. The van der Waals surface area contributed by atoms with Gasteiger partial charge < -0.3 is 5.73 Å². The normalized spacial score (nSPS) is 21.2. The molecule has 15 heavy (non-hydrogen) atoms. The third kappa shape index (κ3) is 4.38. The van der Waals surface area contributed by atoms with Gasteiger partial charge in [-0.15, -0.1) is 0 Å². The molecule has 0 heterocycles. The maximum absolute atomic E-state index is 12.2. The molecule has 0 aromatic carbocycles. The molecule has 2 N–H and O–H groups in total. The van der Waals surface area contributed by atoms with Gasteiger partial charge in [0.2, 0.25) is 0 Å². The van der Waals surface area contributed by atoms with Gasteiger partial charge in [-0.3, -0.25) is 4.90 Å². The molecule has 0 aromatic rings. The summed E-state index contributed by atoms with van der Waals surface area (Å²) < 4.78 is 36.6. The number of hydrogen-bond acceptors (Lipinski definition) is 2. The van der Waals surface area contributed by atoms with Crippen LogP contribution in [-0.4, -0.2) is 36.2 Å². The number of rotatable bonds is 4. The van der Waals surface area contributed by atoms with Crippen LogP contribution in [-0.2, 0) is 0 Å². The van der Waals surface area contributed by atoms with Crippen LogP contribution in [0.15, 0.2) is 0 Å². The molecular formula is C10H19F3N2. The average molecular weight is 224 g/mol. The van der Waals surface area contributed by atoms with E-state index in [1.165, 1.54) is 4.90 Å². The highest BCUT2D eigenvalue weighted by Crippen LogP contribution is 2.28. The monoisotopic (exact) mass is 224 g/mol. The average Bonchev–Trinajstić information content (AvgIpc) is 2.48. The lowest BCUT2D eigenvalue weighted by Crippen LogP contribution is -2.50. The van der Waals surface area contributed by atoms with Gasteiger partial charge >= 0.3 is 6.18 Å². The zero-order chi connectivity index (χ0) is 11.5. The smallest absolute Gasteiger partial charge is 0.324 e. The van der Waals surface area contributed by atoms with E-state index in [2.05, 4.69) is 0 Å². The van der Waals surface area contributed by atoms with Crippen molar-refractivity contribution in [3.8, 4) is 0 Å². The van der Waals surface area contributed by atoms with Crippen molar-refractivity contribution in [1.29, 1.82) is 0 Å². The first kappa shape index (κ1) is 12.8. The van der Waals surface area contributed by atoms with Crippen molar-refractivity contribution in [2.24, 2.45) is 5.73 Å². The lowest BCUT2D eigenvalue weighted by molar-refractivity contribution is -0.147. The van der Waals surface area contributed by atoms with Crippen LogP contribution < -0.4 is 5.73 Å². The quantitative estimate of drug-likeness (QED) is 0.792. The van der Waals surface area contributed by atoms with Crippen LogP contribution >= 0.6 is 0 Å². The van der Waals surface area contributed by atoms with Gasteiger partial charge in [-0.25, -0.2) is 0 Å². The summed E-state index contributed by atoms with van der Waals surface area (Å²) in [6, 6.07) is 0. The summed E-state index contributed by atoms with van der Waals surface area (Å²) in [5.41, 5.74) is 5.66. The van der Waals surface area contributed by atoms with Crippen LogP contribution in [0.25, 0.3) is 0 Å². The van der Waals surface area contributed by atoms with E-state index in [0.29, 0.717) is 13.1 Å². The molecular weight excluding hydrogens is 205 g/mol. The number of alkyl halides is 3. The van der Waals surface area contributed by atoms with Gasteiger partial charge in [-0.1, -0.05) is 19.8 Å². The minimum atomic E-state index is -4.12. The highest BCUT2D eigenvalue weighted by atomic mass is 19.4. The van der Waals surface area contributed by atoms with E-state index >= 15 is 0 Å². The zero-order valence-corrected chi connectivity index (χ0v) is 9.11. The SMILES string of the molecule is CCN(CC(F)(F)F)CC1(N)CCCC1. The van der Waals surface area contributed by atoms with Gasteiger partial charge in [-0.2, -0.15) is 13.2 Å². The van der Waals surface area contributed by atoms with Crippen molar-refractivity contribution < 1.29 is 13.2 Å². The van der Waals surface area contributed by atoms with Crippen LogP contribution in [0.2, 0.25) is 0 Å². The van der Waals surface area contributed by atoms with Crippen LogP contribution in [0.3, 0.4) is 0 Å². The Kier molecular flexibility index (Phi) is 4.00. The van der Waals surface area contributed by atoms with Gasteiger partial charge in [-0.05, 0) is 19.4 Å². The first-order valence-electron chi connectivity index (χ1n) is 5.43. The van der Waals surface area contributed by atoms with Crippen LogP contribution in [0.1, 0.15) is 32.6 Å². The molecule has 0 aliphatic heterocycles. The maximum atomic E-state index is 12.2. The number of halogens is 3. The van der Waals surface area contributed by atoms with Crippen molar-refractivity contribution in [3.63, 3.8) is 0 Å². The second-order valence-electron chi connectivity index (χ2n) is 4.49. The Morgan fingerprint density at radius 2 is 1.80 bits per heavy atom. The molecule has 0 aromatic heterocycles. The first-order chi connectivity index (χ1) is 6.85. The van der Waals surface area contributed by atoms with Gasteiger partial charge in [0.25, 0.3) is 0 Å². The molecule has 1 aliphatic rings. The van der Waals surface area contributed by atoms with Crippen molar-refractivity contribution in [3.05, 3.63) is 0 Å². The summed E-state index contributed by atoms with van der Waals surface area (Å²) in [5, 5.41) is 0. The van der Waals surface area contributed by atoms with Gasteiger partial charge in [0, 0.05) is 12.1 Å². The minimum absolute atomic E-state index is 0.364. The molecule has 0 saturated heterocycles. The molecule has 1 rings (SSSR count). The molecule has 90 valence electrons. The van der Waals surface area contributed by atoms with Crippen LogP contribution in [0.4, 0.5) is 13.2 Å². The van der Waals surface area contributed by atoms with E-state index in [-0.39, 0.29) is 5.54 Å². The van der Waals surface area contributed by atoms with Gasteiger partial charge in [0.1, 0.15) is 0 Å². The predicted molar refractivity (Wildman–Crippen MR) is 53.6 cm³/mol. The Morgan fingerprint density at radius 1 is 1.27 bits per heavy atom. The third-order valence-corrected chi connectivity index (χ3v) is 2.99. The Hall–Kier alpha value is -0.290. The number of nitrogens with zero attached hydrogens (tertiary/aromatic N) is 1. The summed E-state index contributed by atoms with van der Waals surface area (Å²) in [5.74, 6) is 0. The molecule has 1 aliphatic carbocycles. The van der Waals surface area contributed by atoms with Gasteiger partial charge in [0.05, 0.1) is 6.54 Å². The van der Waals surface area contributed by atoms with Crippen LogP contribution in [0.5, 0.6) is 0 Å². The summed E-state index contributed by atoms with van der Waals surface area (Å²) >= 11 is 0. The van der Waals surface area contributed by atoms with E-state index in [1.54, 1.807) is 6.92 Å². The summed E-state index contributed by atoms with van der Waals surface area (Å²) in [6.07, 6.45) is -0.339. The van der Waals surface area contributed by atoms with Crippen molar-refractivity contribution in [1.82, 2.24) is 4.90 Å². The van der Waals surface area contributed by atoms with E-state index in [0.717, 1.165) is 25.7 Å². The topological polar surface area (TPSA) is 29.3 Å². The Bertz CT molecular complexity index is 197. The van der Waals surface area contributed by atoms with Gasteiger partial charge in [0.15, 0.2) is 0 Å². The molecule has 1 saturated carbocycles. The number of likely N-dealkylation sites (N-methyl/N-ethyl adjacent to an activating group) is 1. The fraction of sp³-hybridized carbons (Fsp3) is 1.00. The van der Waals surface area contributed by atoms with Crippen molar-refractivity contribution >= 4 is 0 Å². The number of hydrogen-bond donors (Lipinski definition) is 1. The Balaban J connectivity index is 2.46. The fourth-order valence-corrected chi connectivity index (χ4v) is 2.22. The molecule has 0 atom stereocenters. The molecule has 1 fully saturated rings. The molecule has 0 bridgehead atoms. The van der Waals surface area contributed by atoms with Crippen LogP contribution in [0, 0.1) is 0 Å². The minimum Gasteiger partial charge on any atom is -0.324 e. The molecule has 2 nitrogen and oxygen atoms in total. The maximum Gasteiger partial charge on any atom is 0.401 e. The lowest BCUT2D eigenvalue weighted by Gasteiger charge is -2.32. The predicted octanol–water partition coefficient (Wildman–Crippen LogP) is 2.14. The first-order valence-corrected chi connectivity index (χ1v) is 5.43. The Morgan fingerprint density at radius 3 is 2.20 bits per heavy atom. The molecule has 0 spiro atoms. The second kappa shape index (κ2) is 4.70. The van der Waals surface area contributed by atoms with E-state index in [4.69, 9.17) is 5.73 Å². The van der Waals surface area contributed by atoms with E-state index in [9.17, 15) is 13.2 Å². The standard InChI is InChI=1S/C10H19F3N2/c1-2-15(8-10(11,12)13)7-9(14)5-3-4-6-9/h2-8,14H2,1H3.